The molecule has 0 spiro atoms. The van der Waals surface area contributed by atoms with Crippen molar-refractivity contribution in [3.05, 3.63) is 59.7 Å². The van der Waals surface area contributed by atoms with Gasteiger partial charge in [0.05, 0.1) is 18.8 Å². The number of pyridine rings is 2. The van der Waals surface area contributed by atoms with Crippen molar-refractivity contribution in [1.29, 1.82) is 0 Å². The molecule has 1 amide bonds. The first kappa shape index (κ1) is 32.5. The molecule has 220 valence electrons. The van der Waals surface area contributed by atoms with Gasteiger partial charge in [0.1, 0.15) is 0 Å². The lowest BCUT2D eigenvalue weighted by atomic mass is 9.81. The maximum atomic E-state index is 12.9. The van der Waals surface area contributed by atoms with Crippen LogP contribution in [0.1, 0.15) is 40.9 Å². The largest absolute Gasteiger partial charge is 0.490 e. The number of hydrogen-bond donors (Lipinski definition) is 2. The first-order valence-corrected chi connectivity index (χ1v) is 11.8. The fourth-order valence-corrected chi connectivity index (χ4v) is 4.43. The van der Waals surface area contributed by atoms with Crippen LogP contribution in [0.15, 0.2) is 42.9 Å². The van der Waals surface area contributed by atoms with Crippen LogP contribution in [0.25, 0.3) is 0 Å². The number of likely N-dealkylation sites (tertiary alicyclic amines) is 1. The lowest BCUT2D eigenvalue weighted by Crippen LogP contribution is -2.34. The highest BCUT2D eigenvalue weighted by molar-refractivity contribution is 5.94. The number of halogens is 6. The fraction of sp³-hybridized carbons (Fsp3) is 0.480. The number of nitrogens with zero attached hydrogens (tertiary/aromatic N) is 3. The lowest BCUT2D eigenvalue weighted by Gasteiger charge is -2.28. The summed E-state index contributed by atoms with van der Waals surface area (Å²) in [5.41, 5.74) is 2.87. The average molecular weight is 579 g/mol. The highest BCUT2D eigenvalue weighted by Crippen LogP contribution is 2.49. The number of alkyl halides is 6. The molecule has 2 aromatic rings. The van der Waals surface area contributed by atoms with Gasteiger partial charge in [-0.05, 0) is 55.5 Å². The van der Waals surface area contributed by atoms with Gasteiger partial charge in [0.15, 0.2) is 0 Å². The highest BCUT2D eigenvalue weighted by Gasteiger charge is 2.50. The van der Waals surface area contributed by atoms with E-state index in [-0.39, 0.29) is 11.3 Å². The summed E-state index contributed by atoms with van der Waals surface area (Å²) in [4.78, 5) is 41.0. The van der Waals surface area contributed by atoms with Crippen molar-refractivity contribution in [2.45, 2.75) is 45.1 Å². The quantitative estimate of drug-likeness (QED) is 0.495. The van der Waals surface area contributed by atoms with Crippen molar-refractivity contribution in [3.63, 3.8) is 0 Å². The molecular formula is C25H27F6N3O6. The predicted octanol–water partition coefficient (Wildman–Crippen LogP) is 4.51. The predicted molar refractivity (Wildman–Crippen MR) is 126 cm³/mol. The van der Waals surface area contributed by atoms with Crippen LogP contribution in [0.4, 0.5) is 26.3 Å². The molecule has 9 nitrogen and oxygen atoms in total. The summed E-state index contributed by atoms with van der Waals surface area (Å²) in [6.07, 6.45) is -1.32. The second-order valence-electron chi connectivity index (χ2n) is 9.28. The minimum Gasteiger partial charge on any atom is -0.475 e. The summed E-state index contributed by atoms with van der Waals surface area (Å²) in [5, 5.41) is 14.2. The van der Waals surface area contributed by atoms with Gasteiger partial charge in [-0.3, -0.25) is 14.8 Å². The van der Waals surface area contributed by atoms with E-state index in [1.54, 1.807) is 18.6 Å². The molecule has 1 saturated heterocycles. The molecule has 2 aliphatic rings. The first-order chi connectivity index (χ1) is 18.5. The molecule has 40 heavy (non-hydrogen) atoms. The van der Waals surface area contributed by atoms with E-state index >= 15 is 0 Å². The van der Waals surface area contributed by atoms with Gasteiger partial charge in [-0.2, -0.15) is 26.3 Å². The molecule has 2 N–H and O–H groups in total. The summed E-state index contributed by atoms with van der Waals surface area (Å²) in [6, 6.07) is 7.75. The first-order valence-electron chi connectivity index (χ1n) is 11.8. The highest BCUT2D eigenvalue weighted by atomic mass is 19.4. The fourth-order valence-electron chi connectivity index (χ4n) is 4.43. The van der Waals surface area contributed by atoms with Gasteiger partial charge in [-0.25, -0.2) is 9.59 Å². The average Bonchev–Trinajstić information content (AvgIpc) is 3.42. The standard InChI is InChI=1S/C21H25N3O2.2C2HF3O2/c1-16-4-5-18(11-23-16)20(25)24-12-19-3-2-8-21(19,14-24)15-26-13-17-6-9-22-10-7-17;2*3-2(4,5)1(6)7/h4-7,9-11,19H,2-3,8,12-15H2,1H3;2*(H,6,7)/t19-,21+;;/m1../s1. The Kier molecular flexibility index (Phi) is 11.0. The van der Waals surface area contributed by atoms with E-state index in [4.69, 9.17) is 24.5 Å². The Morgan fingerprint density at radius 1 is 1.02 bits per heavy atom. The van der Waals surface area contributed by atoms with E-state index in [1.807, 2.05) is 36.1 Å². The number of carbonyl (C=O) groups excluding carboxylic acids is 1. The molecule has 2 atom stereocenters. The molecule has 0 bridgehead atoms. The Balaban J connectivity index is 0.000000333. The third-order valence-electron chi connectivity index (χ3n) is 6.38. The van der Waals surface area contributed by atoms with Crippen LogP contribution in [0, 0.1) is 18.3 Å². The second-order valence-corrected chi connectivity index (χ2v) is 9.28. The molecule has 1 aliphatic heterocycles. The maximum Gasteiger partial charge on any atom is 0.490 e. The van der Waals surface area contributed by atoms with Gasteiger partial charge >= 0.3 is 24.3 Å². The molecule has 3 heterocycles. The van der Waals surface area contributed by atoms with Gasteiger partial charge in [-0.1, -0.05) is 6.42 Å². The van der Waals surface area contributed by atoms with Gasteiger partial charge in [0.25, 0.3) is 5.91 Å². The van der Waals surface area contributed by atoms with Gasteiger partial charge < -0.3 is 19.8 Å². The van der Waals surface area contributed by atoms with Crippen molar-refractivity contribution in [2.24, 2.45) is 11.3 Å². The topological polar surface area (TPSA) is 130 Å². The number of carboxylic acids is 2. The van der Waals surface area contributed by atoms with Crippen molar-refractivity contribution in [2.75, 3.05) is 19.7 Å². The van der Waals surface area contributed by atoms with E-state index in [0.29, 0.717) is 18.1 Å². The van der Waals surface area contributed by atoms with Crippen LogP contribution < -0.4 is 0 Å². The summed E-state index contributed by atoms with van der Waals surface area (Å²) >= 11 is 0. The maximum absolute atomic E-state index is 12.9. The molecule has 2 fully saturated rings. The number of rotatable bonds is 5. The Morgan fingerprint density at radius 2 is 1.60 bits per heavy atom. The van der Waals surface area contributed by atoms with Gasteiger partial charge in [-0.15, -0.1) is 0 Å². The van der Waals surface area contributed by atoms with E-state index < -0.39 is 24.3 Å². The minimum atomic E-state index is -5.08. The minimum absolute atomic E-state index is 0.0976. The smallest absolute Gasteiger partial charge is 0.475 e. The summed E-state index contributed by atoms with van der Waals surface area (Å²) < 4.78 is 69.6. The molecule has 0 radical (unpaired) electrons. The SMILES string of the molecule is Cc1ccc(C(=O)N2C[C@H]3CCC[C@@]3(COCc3ccncc3)C2)cn1.O=C(O)C(F)(F)F.O=C(O)C(F)(F)F. The molecule has 1 saturated carbocycles. The molecule has 1 aliphatic carbocycles. The van der Waals surface area contributed by atoms with Gasteiger partial charge in [0, 0.05) is 42.8 Å². The monoisotopic (exact) mass is 579 g/mol. The van der Waals surface area contributed by atoms with E-state index in [9.17, 15) is 31.1 Å². The van der Waals surface area contributed by atoms with Crippen LogP contribution in [0.5, 0.6) is 0 Å². The zero-order chi connectivity index (χ0) is 30.1. The van der Waals surface area contributed by atoms with Crippen molar-refractivity contribution < 1.29 is 55.7 Å². The third kappa shape index (κ3) is 9.47. The summed E-state index contributed by atoms with van der Waals surface area (Å²) in [5.74, 6) is -4.87. The zero-order valence-electron chi connectivity index (χ0n) is 21.2. The number of fused-ring (bicyclic) bond motifs is 1. The normalized spacial score (nSPS) is 20.0. The Bertz CT molecular complexity index is 1120. The number of amides is 1. The van der Waals surface area contributed by atoms with Crippen LogP contribution in [-0.2, 0) is 20.9 Å². The second kappa shape index (κ2) is 13.5. The van der Waals surface area contributed by atoms with E-state index in [1.165, 1.54) is 12.8 Å². The van der Waals surface area contributed by atoms with E-state index in [0.717, 1.165) is 37.4 Å². The number of aryl methyl sites for hydroxylation is 1. The van der Waals surface area contributed by atoms with E-state index in [2.05, 4.69) is 9.97 Å². The zero-order valence-corrected chi connectivity index (χ0v) is 21.2. The Hall–Kier alpha value is -3.75. The van der Waals surface area contributed by atoms with Gasteiger partial charge in [0.2, 0.25) is 0 Å². The summed E-state index contributed by atoms with van der Waals surface area (Å²) in [6.45, 7) is 4.89. The number of aliphatic carboxylic acids is 2. The lowest BCUT2D eigenvalue weighted by molar-refractivity contribution is -0.193. The van der Waals surface area contributed by atoms with Crippen LogP contribution >= 0.6 is 0 Å². The number of ether oxygens (including phenoxy) is 1. The molecule has 4 rings (SSSR count). The molecule has 0 aromatic carbocycles. The third-order valence-corrected chi connectivity index (χ3v) is 6.38. The molecular weight excluding hydrogens is 552 g/mol. The van der Waals surface area contributed by atoms with Crippen molar-refractivity contribution in [1.82, 2.24) is 14.9 Å². The Labute approximate surface area is 224 Å². The number of carbonyl (C=O) groups is 3. The Morgan fingerprint density at radius 3 is 2.10 bits per heavy atom. The van der Waals surface area contributed by atoms with Crippen LogP contribution in [0.3, 0.4) is 0 Å². The van der Waals surface area contributed by atoms with Crippen LogP contribution in [-0.4, -0.2) is 75.0 Å². The number of carboxylic acid groups (broad SMARTS) is 2. The summed E-state index contributed by atoms with van der Waals surface area (Å²) in [7, 11) is 0. The number of aromatic nitrogens is 2. The molecule has 0 unspecified atom stereocenters. The molecule has 2 aromatic heterocycles. The number of hydrogen-bond acceptors (Lipinski definition) is 6. The van der Waals surface area contributed by atoms with Crippen LogP contribution in [0.2, 0.25) is 0 Å². The van der Waals surface area contributed by atoms with Crippen molar-refractivity contribution >= 4 is 17.8 Å². The molecule has 15 heteroatoms. The van der Waals surface area contributed by atoms with Crippen molar-refractivity contribution in [3.8, 4) is 0 Å².